The summed E-state index contributed by atoms with van der Waals surface area (Å²) in [5.41, 5.74) is -1.12. The fourth-order valence-electron chi connectivity index (χ4n) is 2.44. The second-order valence-corrected chi connectivity index (χ2v) is 8.63. The Hall–Kier alpha value is -0.720. The lowest BCUT2D eigenvalue weighted by Crippen LogP contribution is -2.57. The van der Waals surface area contributed by atoms with Gasteiger partial charge in [0.15, 0.2) is 5.83 Å². The van der Waals surface area contributed by atoms with Gasteiger partial charge in [-0.05, 0) is 39.7 Å². The van der Waals surface area contributed by atoms with E-state index in [0.717, 1.165) is 6.08 Å². The van der Waals surface area contributed by atoms with E-state index in [2.05, 4.69) is 4.72 Å². The van der Waals surface area contributed by atoms with Gasteiger partial charge in [-0.15, -0.1) is 4.72 Å². The first kappa shape index (κ1) is 18.3. The van der Waals surface area contributed by atoms with E-state index in [0.29, 0.717) is 6.29 Å². The van der Waals surface area contributed by atoms with Crippen molar-refractivity contribution in [3.8, 4) is 0 Å². The number of hydrogen-bond acceptors (Lipinski definition) is 3. The van der Waals surface area contributed by atoms with Crippen molar-refractivity contribution in [3.63, 3.8) is 0 Å². The first-order chi connectivity index (χ1) is 9.53. The molecule has 0 aliphatic heterocycles. The third-order valence-electron chi connectivity index (χ3n) is 3.65. The smallest absolute Gasteiger partial charge is 0.154 e. The molecule has 0 bridgehead atoms. The maximum Gasteiger partial charge on any atom is 0.154 e. The maximum atomic E-state index is 14.3. The Morgan fingerprint density at radius 1 is 1.38 bits per heavy atom. The number of rotatable bonds is 5. The monoisotopic (exact) mass is 319 g/mol. The molecule has 0 aromatic rings. The average Bonchev–Trinajstić information content (AvgIpc) is 2.33. The van der Waals surface area contributed by atoms with Gasteiger partial charge in [-0.2, -0.15) is 0 Å². The largest absolute Gasteiger partial charge is 0.598 e. The van der Waals surface area contributed by atoms with E-state index in [9.17, 15) is 18.1 Å². The number of nitrogens with one attached hydrogen (secondary N) is 1. The van der Waals surface area contributed by atoms with Gasteiger partial charge in [-0.25, -0.2) is 8.78 Å². The number of aldehydes is 1. The molecular weight excluding hydrogens is 296 g/mol. The van der Waals surface area contributed by atoms with Gasteiger partial charge in [-0.3, -0.25) is 0 Å². The van der Waals surface area contributed by atoms with Crippen molar-refractivity contribution in [2.45, 2.75) is 51.3 Å². The van der Waals surface area contributed by atoms with E-state index in [1.807, 2.05) is 0 Å². The molecule has 1 rings (SSSR count). The third kappa shape index (κ3) is 4.14. The van der Waals surface area contributed by atoms with Crippen LogP contribution in [0.4, 0.5) is 8.78 Å². The van der Waals surface area contributed by atoms with E-state index >= 15 is 0 Å². The van der Waals surface area contributed by atoms with Crippen molar-refractivity contribution in [3.05, 3.63) is 23.8 Å². The number of hydrogen-bond donors (Lipinski definition) is 1. The van der Waals surface area contributed by atoms with Crippen molar-refractivity contribution < 1.29 is 18.1 Å². The lowest BCUT2D eigenvalue weighted by molar-refractivity contribution is -0.109. The molecule has 0 amide bonds. The molecule has 21 heavy (non-hydrogen) atoms. The fourth-order valence-corrected chi connectivity index (χ4v) is 3.38. The minimum Gasteiger partial charge on any atom is -0.598 e. The third-order valence-corrected chi connectivity index (χ3v) is 5.41. The fraction of sp³-hybridized carbons (Fsp3) is 0.667. The lowest BCUT2D eigenvalue weighted by atomic mass is 9.73. The van der Waals surface area contributed by atoms with Crippen molar-refractivity contribution in [2.75, 3.05) is 0 Å². The number of allylic oxidation sites excluding steroid dienone is 3. The predicted octanol–water partition coefficient (Wildman–Crippen LogP) is 3.36. The van der Waals surface area contributed by atoms with Crippen LogP contribution < -0.4 is 4.72 Å². The Morgan fingerprint density at radius 3 is 2.43 bits per heavy atom. The van der Waals surface area contributed by atoms with E-state index < -0.39 is 39.2 Å². The molecule has 0 saturated carbocycles. The maximum absolute atomic E-state index is 14.3. The zero-order chi connectivity index (χ0) is 16.4. The lowest BCUT2D eigenvalue weighted by Gasteiger charge is -2.41. The van der Waals surface area contributed by atoms with Crippen LogP contribution in [0.3, 0.4) is 0 Å². The highest BCUT2D eigenvalue weighted by atomic mass is 32.2. The molecule has 1 N–H and O–H groups in total. The number of halogens is 2. The summed E-state index contributed by atoms with van der Waals surface area (Å²) < 4.78 is 42.4. The molecule has 3 nitrogen and oxygen atoms in total. The molecule has 0 spiro atoms. The van der Waals surface area contributed by atoms with Crippen LogP contribution >= 0.6 is 0 Å². The summed E-state index contributed by atoms with van der Waals surface area (Å²) in [5, 5.41) is 0. The predicted molar refractivity (Wildman–Crippen MR) is 81.2 cm³/mol. The summed E-state index contributed by atoms with van der Waals surface area (Å²) in [5.74, 6) is -3.01. The quantitative estimate of drug-likeness (QED) is 0.624. The Balaban J connectivity index is 3.15. The molecule has 4 atom stereocenters. The van der Waals surface area contributed by atoms with Crippen LogP contribution in [0.15, 0.2) is 23.8 Å². The number of carbonyl (C=O) groups excluding carboxylic acids is 1. The zero-order valence-electron chi connectivity index (χ0n) is 13.1. The second-order valence-electron chi connectivity index (χ2n) is 6.66. The average molecular weight is 319 g/mol. The van der Waals surface area contributed by atoms with Gasteiger partial charge in [0.25, 0.3) is 0 Å². The molecule has 0 fully saturated rings. The van der Waals surface area contributed by atoms with Crippen molar-refractivity contribution >= 4 is 17.6 Å². The minimum absolute atomic E-state index is 0.0572. The SMILES string of the molecule is CC1C=CC(F)=C(F)C1[C@](C)(CC=O)N[S+]([O-])C(C)(C)C. The zero-order valence-corrected chi connectivity index (χ0v) is 13.9. The van der Waals surface area contributed by atoms with Crippen LogP contribution in [0.1, 0.15) is 41.0 Å². The molecule has 120 valence electrons. The molecule has 1 aliphatic rings. The van der Waals surface area contributed by atoms with Crippen molar-refractivity contribution in [2.24, 2.45) is 11.8 Å². The molecule has 0 saturated heterocycles. The molecule has 0 aromatic carbocycles. The Morgan fingerprint density at radius 2 is 1.95 bits per heavy atom. The van der Waals surface area contributed by atoms with Crippen LogP contribution in [0, 0.1) is 11.8 Å². The van der Waals surface area contributed by atoms with Crippen LogP contribution in [0.2, 0.25) is 0 Å². The van der Waals surface area contributed by atoms with Crippen LogP contribution in [0.5, 0.6) is 0 Å². The molecule has 6 heteroatoms. The molecule has 0 radical (unpaired) electrons. The summed E-state index contributed by atoms with van der Waals surface area (Å²) in [6.07, 6.45) is 3.24. The normalized spacial score (nSPS) is 27.4. The standard InChI is InChI=1S/C15H23F2NO2S/c1-10-6-7-11(16)13(17)12(10)15(5,8-9-19)18-21(20)14(2,3)4/h6-7,9-10,12,18H,8H2,1-5H3/t10?,12?,15-,21?/m0/s1. The van der Waals surface area contributed by atoms with Crippen LogP contribution in [-0.4, -0.2) is 21.1 Å². The molecule has 3 unspecified atom stereocenters. The Bertz CT molecular complexity index is 459. The van der Waals surface area contributed by atoms with Crippen molar-refractivity contribution in [1.82, 2.24) is 4.72 Å². The summed E-state index contributed by atoms with van der Waals surface area (Å²) >= 11 is -1.50. The Labute approximate surface area is 128 Å². The summed E-state index contributed by atoms with van der Waals surface area (Å²) in [6, 6.07) is 0. The van der Waals surface area contributed by atoms with Gasteiger partial charge in [0, 0.05) is 23.7 Å². The van der Waals surface area contributed by atoms with Crippen molar-refractivity contribution in [1.29, 1.82) is 0 Å². The highest BCUT2D eigenvalue weighted by molar-refractivity contribution is 7.90. The molecule has 0 heterocycles. The summed E-state index contributed by atoms with van der Waals surface area (Å²) in [4.78, 5) is 11.0. The van der Waals surface area contributed by atoms with Crippen LogP contribution in [0.25, 0.3) is 0 Å². The van der Waals surface area contributed by atoms with E-state index in [-0.39, 0.29) is 12.3 Å². The number of carbonyl (C=O) groups is 1. The molecular formula is C15H23F2NO2S. The van der Waals surface area contributed by atoms with Gasteiger partial charge in [0.2, 0.25) is 0 Å². The van der Waals surface area contributed by atoms with E-state index in [1.165, 1.54) is 0 Å². The second kappa shape index (κ2) is 6.58. The molecule has 1 aliphatic carbocycles. The Kier molecular flexibility index (Phi) is 5.75. The van der Waals surface area contributed by atoms with Crippen LogP contribution in [-0.2, 0) is 16.2 Å². The van der Waals surface area contributed by atoms with E-state index in [1.54, 1.807) is 40.7 Å². The van der Waals surface area contributed by atoms with Gasteiger partial charge in [0.05, 0.1) is 5.54 Å². The topological polar surface area (TPSA) is 52.2 Å². The first-order valence-electron chi connectivity index (χ1n) is 6.89. The van der Waals surface area contributed by atoms with E-state index in [4.69, 9.17) is 0 Å². The summed E-state index contributed by atoms with van der Waals surface area (Å²) in [7, 11) is 0. The molecule has 0 aromatic heterocycles. The summed E-state index contributed by atoms with van der Waals surface area (Å²) in [6.45, 7) is 8.67. The van der Waals surface area contributed by atoms with Gasteiger partial charge >= 0.3 is 0 Å². The highest BCUT2D eigenvalue weighted by Gasteiger charge is 2.46. The van der Waals surface area contributed by atoms with Gasteiger partial charge in [0.1, 0.15) is 16.9 Å². The van der Waals surface area contributed by atoms with Gasteiger partial charge < -0.3 is 9.35 Å². The van der Waals surface area contributed by atoms with Gasteiger partial charge in [-0.1, -0.05) is 13.0 Å². The first-order valence-corrected chi connectivity index (χ1v) is 8.04. The minimum atomic E-state index is -1.50. The highest BCUT2D eigenvalue weighted by Crippen LogP contribution is 2.41.